The van der Waals surface area contributed by atoms with Crippen LogP contribution in [0.15, 0.2) is 36.4 Å². The summed E-state index contributed by atoms with van der Waals surface area (Å²) in [7, 11) is 0. The van der Waals surface area contributed by atoms with Crippen LogP contribution in [0.2, 0.25) is 5.02 Å². The molecule has 0 unspecified atom stereocenters. The maximum Gasteiger partial charge on any atom is 0.165 e. The van der Waals surface area contributed by atoms with Gasteiger partial charge in [0.1, 0.15) is 17.3 Å². The summed E-state index contributed by atoms with van der Waals surface area (Å²) in [5.74, 6) is -0.322. The number of benzene rings is 2. The third-order valence-corrected chi connectivity index (χ3v) is 2.74. The lowest BCUT2D eigenvalue weighted by Gasteiger charge is -2.11. The van der Waals surface area contributed by atoms with Gasteiger partial charge >= 0.3 is 0 Å². The molecular formula is C14H11ClFNO2. The minimum atomic E-state index is -0.563. The van der Waals surface area contributed by atoms with Crippen LogP contribution in [0.1, 0.15) is 17.3 Å². The molecule has 0 aliphatic heterocycles. The summed E-state index contributed by atoms with van der Waals surface area (Å²) in [6.45, 7) is 1.35. The molecule has 3 nitrogen and oxygen atoms in total. The predicted molar refractivity (Wildman–Crippen MR) is 72.3 cm³/mol. The summed E-state index contributed by atoms with van der Waals surface area (Å²) in [4.78, 5) is 11.5. The van der Waals surface area contributed by atoms with Crippen molar-refractivity contribution in [1.82, 2.24) is 0 Å². The SMILES string of the molecule is CC(=O)c1c(N)cc(F)cc1Oc1ccc(Cl)cc1. The highest BCUT2D eigenvalue weighted by Gasteiger charge is 2.15. The van der Waals surface area contributed by atoms with Crippen molar-refractivity contribution in [2.75, 3.05) is 5.73 Å². The van der Waals surface area contributed by atoms with Gasteiger partial charge in [-0.2, -0.15) is 0 Å². The van der Waals surface area contributed by atoms with Crippen LogP contribution in [0.25, 0.3) is 0 Å². The molecule has 5 heteroatoms. The van der Waals surface area contributed by atoms with Crippen LogP contribution >= 0.6 is 11.6 Å². The van der Waals surface area contributed by atoms with E-state index in [9.17, 15) is 9.18 Å². The minimum Gasteiger partial charge on any atom is -0.456 e. The van der Waals surface area contributed by atoms with E-state index in [1.165, 1.54) is 6.92 Å². The highest BCUT2D eigenvalue weighted by Crippen LogP contribution is 2.31. The highest BCUT2D eigenvalue weighted by molar-refractivity contribution is 6.30. The predicted octanol–water partition coefficient (Wildman–Crippen LogP) is 4.06. The molecule has 0 saturated heterocycles. The summed E-state index contributed by atoms with van der Waals surface area (Å²) >= 11 is 5.76. The maximum absolute atomic E-state index is 13.3. The van der Waals surface area contributed by atoms with Gasteiger partial charge in [0.05, 0.1) is 5.56 Å². The van der Waals surface area contributed by atoms with Crippen LogP contribution in [-0.4, -0.2) is 5.78 Å². The fourth-order valence-electron chi connectivity index (χ4n) is 1.69. The van der Waals surface area contributed by atoms with Gasteiger partial charge in [0.15, 0.2) is 5.78 Å². The number of halogens is 2. The molecule has 2 aromatic rings. The van der Waals surface area contributed by atoms with Crippen molar-refractivity contribution in [3.8, 4) is 11.5 Å². The first-order valence-corrected chi connectivity index (χ1v) is 5.88. The van der Waals surface area contributed by atoms with E-state index in [0.29, 0.717) is 10.8 Å². The Kier molecular flexibility index (Phi) is 3.71. The van der Waals surface area contributed by atoms with E-state index in [1.807, 2.05) is 0 Å². The third kappa shape index (κ3) is 3.03. The molecule has 0 fully saturated rings. The lowest BCUT2D eigenvalue weighted by Crippen LogP contribution is -2.03. The Bertz CT molecular complexity index is 626. The van der Waals surface area contributed by atoms with Crippen molar-refractivity contribution in [3.05, 3.63) is 52.8 Å². The van der Waals surface area contributed by atoms with Gasteiger partial charge in [-0.1, -0.05) is 11.6 Å². The fraction of sp³-hybridized carbons (Fsp3) is 0.0714. The quantitative estimate of drug-likeness (QED) is 0.681. The van der Waals surface area contributed by atoms with E-state index >= 15 is 0 Å². The fourth-order valence-corrected chi connectivity index (χ4v) is 1.81. The number of hydrogen-bond donors (Lipinski definition) is 1. The van der Waals surface area contributed by atoms with Crippen molar-refractivity contribution in [2.45, 2.75) is 6.92 Å². The maximum atomic E-state index is 13.3. The Labute approximate surface area is 114 Å². The van der Waals surface area contributed by atoms with Crippen LogP contribution < -0.4 is 10.5 Å². The van der Waals surface area contributed by atoms with Crippen LogP contribution in [-0.2, 0) is 0 Å². The van der Waals surface area contributed by atoms with E-state index in [2.05, 4.69) is 0 Å². The van der Waals surface area contributed by atoms with Gasteiger partial charge in [0, 0.05) is 16.8 Å². The van der Waals surface area contributed by atoms with Crippen molar-refractivity contribution in [1.29, 1.82) is 0 Å². The normalized spacial score (nSPS) is 10.3. The van der Waals surface area contributed by atoms with Gasteiger partial charge in [-0.15, -0.1) is 0 Å². The second-order valence-corrected chi connectivity index (χ2v) is 4.42. The van der Waals surface area contributed by atoms with Crippen LogP contribution in [0.4, 0.5) is 10.1 Å². The molecule has 0 aliphatic carbocycles. The monoisotopic (exact) mass is 279 g/mol. The van der Waals surface area contributed by atoms with Gasteiger partial charge in [-0.3, -0.25) is 4.79 Å². The van der Waals surface area contributed by atoms with Crippen molar-refractivity contribution >= 4 is 23.1 Å². The molecule has 0 heterocycles. The molecule has 0 radical (unpaired) electrons. The van der Waals surface area contributed by atoms with Crippen LogP contribution in [0.3, 0.4) is 0 Å². The summed E-state index contributed by atoms with van der Waals surface area (Å²) in [6.07, 6.45) is 0. The van der Waals surface area contributed by atoms with Crippen LogP contribution in [0, 0.1) is 5.82 Å². The van der Waals surface area contributed by atoms with Gasteiger partial charge in [-0.05, 0) is 37.3 Å². The molecule has 2 N–H and O–H groups in total. The molecule has 0 atom stereocenters. The Hall–Kier alpha value is -2.07. The zero-order chi connectivity index (χ0) is 14.0. The average molecular weight is 280 g/mol. The largest absolute Gasteiger partial charge is 0.456 e. The average Bonchev–Trinajstić information content (AvgIpc) is 2.30. The summed E-state index contributed by atoms with van der Waals surface area (Å²) in [5, 5.41) is 0.554. The Morgan fingerprint density at radius 1 is 1.26 bits per heavy atom. The molecular weight excluding hydrogens is 269 g/mol. The molecule has 0 aromatic heterocycles. The molecule has 2 rings (SSSR count). The number of carbonyl (C=O) groups excluding carboxylic acids is 1. The summed E-state index contributed by atoms with van der Waals surface area (Å²) in [5.41, 5.74) is 5.85. The Morgan fingerprint density at radius 3 is 2.47 bits per heavy atom. The number of rotatable bonds is 3. The first-order valence-electron chi connectivity index (χ1n) is 5.51. The zero-order valence-electron chi connectivity index (χ0n) is 10.1. The zero-order valence-corrected chi connectivity index (χ0v) is 10.9. The number of anilines is 1. The molecule has 0 aliphatic rings. The van der Waals surface area contributed by atoms with E-state index < -0.39 is 5.82 Å². The number of ketones is 1. The summed E-state index contributed by atoms with van der Waals surface area (Å²) < 4.78 is 18.8. The second-order valence-electron chi connectivity index (χ2n) is 3.98. The van der Waals surface area contributed by atoms with E-state index in [4.69, 9.17) is 22.1 Å². The number of nitrogen functional groups attached to an aromatic ring is 1. The van der Waals surface area contributed by atoms with Crippen molar-refractivity contribution in [2.24, 2.45) is 0 Å². The first-order chi connectivity index (χ1) is 8.97. The third-order valence-electron chi connectivity index (χ3n) is 2.49. The number of ether oxygens (including phenoxy) is 1. The van der Waals surface area contributed by atoms with Crippen LogP contribution in [0.5, 0.6) is 11.5 Å². The minimum absolute atomic E-state index is 0.0523. The molecule has 0 amide bonds. The molecule has 19 heavy (non-hydrogen) atoms. The second kappa shape index (κ2) is 5.28. The first kappa shape index (κ1) is 13.4. The molecule has 0 saturated carbocycles. The van der Waals surface area contributed by atoms with Crippen molar-refractivity contribution < 1.29 is 13.9 Å². The number of nitrogens with two attached hydrogens (primary N) is 1. The number of hydrogen-bond acceptors (Lipinski definition) is 3. The lowest BCUT2D eigenvalue weighted by atomic mass is 10.1. The Balaban J connectivity index is 2.44. The van der Waals surface area contributed by atoms with Gasteiger partial charge in [0.2, 0.25) is 0 Å². The molecule has 0 spiro atoms. The van der Waals surface area contributed by atoms with Crippen molar-refractivity contribution in [3.63, 3.8) is 0 Å². The topological polar surface area (TPSA) is 52.3 Å². The molecule has 2 aromatic carbocycles. The Morgan fingerprint density at radius 2 is 1.89 bits per heavy atom. The van der Waals surface area contributed by atoms with E-state index in [-0.39, 0.29) is 22.8 Å². The summed E-state index contributed by atoms with van der Waals surface area (Å²) in [6, 6.07) is 8.72. The number of carbonyl (C=O) groups is 1. The number of Topliss-reactive ketones (excluding diaryl/α,β-unsaturated/α-hetero) is 1. The molecule has 98 valence electrons. The standard InChI is InChI=1S/C14H11ClFNO2/c1-8(18)14-12(17)6-10(16)7-13(14)19-11-4-2-9(15)3-5-11/h2-7H,17H2,1H3. The van der Waals surface area contributed by atoms with Gasteiger partial charge in [0.25, 0.3) is 0 Å². The van der Waals surface area contributed by atoms with Gasteiger partial charge in [-0.25, -0.2) is 4.39 Å². The molecule has 0 bridgehead atoms. The highest BCUT2D eigenvalue weighted by atomic mass is 35.5. The van der Waals surface area contributed by atoms with E-state index in [0.717, 1.165) is 12.1 Å². The lowest BCUT2D eigenvalue weighted by molar-refractivity contribution is 0.101. The van der Waals surface area contributed by atoms with E-state index in [1.54, 1.807) is 24.3 Å². The smallest absolute Gasteiger partial charge is 0.165 e. The van der Waals surface area contributed by atoms with Gasteiger partial charge < -0.3 is 10.5 Å².